The van der Waals surface area contributed by atoms with E-state index in [2.05, 4.69) is 11.8 Å². The van der Waals surface area contributed by atoms with Crippen molar-refractivity contribution in [1.29, 1.82) is 0 Å². The Morgan fingerprint density at radius 1 is 1.12 bits per heavy atom. The molecule has 2 fully saturated rings. The summed E-state index contributed by atoms with van der Waals surface area (Å²) in [6.45, 7) is 5.35. The average molecular weight is 463 g/mol. The van der Waals surface area contributed by atoms with Crippen LogP contribution >= 0.6 is 11.3 Å². The summed E-state index contributed by atoms with van der Waals surface area (Å²) in [4.78, 5) is 30.3. The van der Waals surface area contributed by atoms with Gasteiger partial charge < -0.3 is 14.5 Å². The van der Waals surface area contributed by atoms with Crippen LogP contribution in [-0.4, -0.2) is 54.1 Å². The minimum absolute atomic E-state index is 0.0713. The lowest BCUT2D eigenvalue weighted by Gasteiger charge is -2.36. The van der Waals surface area contributed by atoms with E-state index in [1.165, 1.54) is 39.9 Å². The van der Waals surface area contributed by atoms with Crippen molar-refractivity contribution in [3.63, 3.8) is 0 Å². The number of thiophene rings is 1. The van der Waals surface area contributed by atoms with Crippen LogP contribution in [0.5, 0.6) is 5.75 Å². The summed E-state index contributed by atoms with van der Waals surface area (Å²) in [7, 11) is 1.63. The first-order valence-electron chi connectivity index (χ1n) is 12.1. The first-order valence-corrected chi connectivity index (χ1v) is 12.9. The van der Waals surface area contributed by atoms with Crippen LogP contribution in [0.1, 0.15) is 58.7 Å². The molecule has 2 aromatic heterocycles. The molecule has 0 spiro atoms. The van der Waals surface area contributed by atoms with E-state index in [0.29, 0.717) is 30.3 Å². The summed E-state index contributed by atoms with van der Waals surface area (Å²) in [6, 6.07) is 7.43. The van der Waals surface area contributed by atoms with E-state index in [-0.39, 0.29) is 5.91 Å². The van der Waals surface area contributed by atoms with Gasteiger partial charge in [0.05, 0.1) is 12.5 Å². The van der Waals surface area contributed by atoms with Crippen LogP contribution in [0.2, 0.25) is 0 Å². The molecule has 1 saturated heterocycles. The highest BCUT2D eigenvalue weighted by molar-refractivity contribution is 7.19. The number of hydrogen-bond acceptors (Lipinski definition) is 6. The van der Waals surface area contributed by atoms with E-state index >= 15 is 0 Å². The van der Waals surface area contributed by atoms with E-state index in [9.17, 15) is 4.79 Å². The first kappa shape index (κ1) is 20.9. The van der Waals surface area contributed by atoms with Crippen LogP contribution in [0.25, 0.3) is 10.2 Å². The zero-order valence-electron chi connectivity index (χ0n) is 19.3. The summed E-state index contributed by atoms with van der Waals surface area (Å²) in [5, 5.41) is 1.29. The van der Waals surface area contributed by atoms with Crippen molar-refractivity contribution in [2.75, 3.05) is 38.2 Å². The maximum atomic E-state index is 13.1. The number of methoxy groups -OCH3 is 1. The number of fused-ring (bicyclic) bond motifs is 3. The number of rotatable bonds is 4. The van der Waals surface area contributed by atoms with E-state index in [1.807, 2.05) is 40.5 Å². The molecule has 1 saturated carbocycles. The second-order valence-electron chi connectivity index (χ2n) is 9.72. The number of piperazine rings is 1. The third kappa shape index (κ3) is 3.86. The predicted molar refractivity (Wildman–Crippen MR) is 132 cm³/mol. The third-order valence-corrected chi connectivity index (χ3v) is 8.43. The van der Waals surface area contributed by atoms with Gasteiger partial charge in [-0.25, -0.2) is 9.97 Å². The zero-order valence-corrected chi connectivity index (χ0v) is 20.2. The lowest BCUT2D eigenvalue weighted by molar-refractivity contribution is 0.0746. The van der Waals surface area contributed by atoms with Crippen molar-refractivity contribution >= 4 is 33.3 Å². The molecule has 172 valence electrons. The number of aromatic nitrogens is 2. The minimum Gasteiger partial charge on any atom is -0.497 e. The summed E-state index contributed by atoms with van der Waals surface area (Å²) in [5.41, 5.74) is 2.17. The lowest BCUT2D eigenvalue weighted by Crippen LogP contribution is -2.49. The molecule has 1 amide bonds. The van der Waals surface area contributed by atoms with Gasteiger partial charge in [-0.1, -0.05) is 13.0 Å². The Labute approximate surface area is 198 Å². The molecule has 3 aromatic rings. The van der Waals surface area contributed by atoms with E-state index < -0.39 is 0 Å². The quantitative estimate of drug-likeness (QED) is 0.564. The molecule has 3 heterocycles. The smallest absolute Gasteiger partial charge is 0.254 e. The maximum Gasteiger partial charge on any atom is 0.254 e. The highest BCUT2D eigenvalue weighted by Crippen LogP contribution is 2.44. The van der Waals surface area contributed by atoms with E-state index in [0.717, 1.165) is 43.5 Å². The number of aryl methyl sites for hydroxylation is 1. The Morgan fingerprint density at radius 3 is 2.70 bits per heavy atom. The number of amides is 1. The molecule has 1 aromatic carbocycles. The molecule has 0 unspecified atom stereocenters. The SMILES string of the molecule is COc1cccc(C(=O)N2CCN(c3nc(C4CC4)nc4sc5c(c34)CC[C@@H](C)C5)CC2)c1. The van der Waals surface area contributed by atoms with E-state index in [1.54, 1.807) is 7.11 Å². The standard InChI is InChI=1S/C26H30N4O2S/c1-16-6-9-20-21(14-16)33-25-22(20)24(27-23(28-25)17-7-8-17)29-10-12-30(13-11-29)26(31)18-4-3-5-19(15-18)32-2/h3-5,15-17H,6-14H2,1-2H3/t16-/m1/s1. The van der Waals surface area contributed by atoms with Gasteiger partial charge in [-0.05, 0) is 61.8 Å². The van der Waals surface area contributed by atoms with Crippen molar-refractivity contribution in [3.8, 4) is 5.75 Å². The van der Waals surface area contributed by atoms with Gasteiger partial charge in [0.1, 0.15) is 22.2 Å². The highest BCUT2D eigenvalue weighted by Gasteiger charge is 2.32. The fourth-order valence-electron chi connectivity index (χ4n) is 5.15. The van der Waals surface area contributed by atoms with Gasteiger partial charge in [-0.2, -0.15) is 0 Å². The maximum absolute atomic E-state index is 13.1. The van der Waals surface area contributed by atoms with Crippen LogP contribution in [0, 0.1) is 5.92 Å². The molecule has 1 atom stereocenters. The van der Waals surface area contributed by atoms with Crippen molar-refractivity contribution in [1.82, 2.24) is 14.9 Å². The van der Waals surface area contributed by atoms with Gasteiger partial charge in [0.2, 0.25) is 0 Å². The molecule has 3 aliphatic rings. The molecule has 33 heavy (non-hydrogen) atoms. The van der Waals surface area contributed by atoms with Gasteiger partial charge in [0.25, 0.3) is 5.91 Å². The number of carbonyl (C=O) groups excluding carboxylic acids is 1. The number of benzene rings is 1. The van der Waals surface area contributed by atoms with Gasteiger partial charge in [0.15, 0.2) is 0 Å². The topological polar surface area (TPSA) is 58.6 Å². The summed E-state index contributed by atoms with van der Waals surface area (Å²) >= 11 is 1.89. The van der Waals surface area contributed by atoms with Crippen molar-refractivity contribution in [2.45, 2.75) is 44.9 Å². The second-order valence-corrected chi connectivity index (χ2v) is 10.8. The Morgan fingerprint density at radius 2 is 1.94 bits per heavy atom. The van der Waals surface area contributed by atoms with E-state index in [4.69, 9.17) is 14.7 Å². The molecule has 0 bridgehead atoms. The monoisotopic (exact) mass is 462 g/mol. The molecule has 7 heteroatoms. The molecule has 0 radical (unpaired) electrons. The largest absolute Gasteiger partial charge is 0.497 e. The van der Waals surface area contributed by atoms with Crippen molar-refractivity contribution in [3.05, 3.63) is 46.1 Å². The highest BCUT2D eigenvalue weighted by atomic mass is 32.1. The van der Waals surface area contributed by atoms with Crippen molar-refractivity contribution in [2.24, 2.45) is 5.92 Å². The summed E-state index contributed by atoms with van der Waals surface area (Å²) < 4.78 is 5.30. The van der Waals surface area contributed by atoms with Crippen LogP contribution in [0.4, 0.5) is 5.82 Å². The Kier molecular flexibility index (Phi) is 5.24. The summed E-state index contributed by atoms with van der Waals surface area (Å²) in [6.07, 6.45) is 5.94. The Balaban J connectivity index is 1.28. The molecule has 0 N–H and O–H groups in total. The van der Waals surface area contributed by atoms with Crippen LogP contribution in [0.3, 0.4) is 0 Å². The number of hydrogen-bond donors (Lipinski definition) is 0. The van der Waals surface area contributed by atoms with Gasteiger partial charge >= 0.3 is 0 Å². The molecular formula is C26H30N4O2S. The number of anilines is 1. The second kappa shape index (κ2) is 8.28. The Bertz CT molecular complexity index is 1210. The first-order chi connectivity index (χ1) is 16.1. The van der Waals surface area contributed by atoms with Gasteiger partial charge in [-0.3, -0.25) is 4.79 Å². The van der Waals surface area contributed by atoms with Crippen LogP contribution in [0.15, 0.2) is 24.3 Å². The number of ether oxygens (including phenoxy) is 1. The molecule has 1 aliphatic heterocycles. The third-order valence-electron chi connectivity index (χ3n) is 7.28. The fraction of sp³-hybridized carbons (Fsp3) is 0.500. The zero-order chi connectivity index (χ0) is 22.5. The predicted octanol–water partition coefficient (Wildman–Crippen LogP) is 4.66. The Hall–Kier alpha value is -2.67. The number of nitrogens with zero attached hydrogens (tertiary/aromatic N) is 4. The molecule has 6 nitrogen and oxygen atoms in total. The molecular weight excluding hydrogens is 432 g/mol. The van der Waals surface area contributed by atoms with Gasteiger partial charge in [0, 0.05) is 42.5 Å². The normalized spacial score (nSPS) is 20.7. The minimum atomic E-state index is 0.0713. The summed E-state index contributed by atoms with van der Waals surface area (Å²) in [5.74, 6) is 4.20. The lowest BCUT2D eigenvalue weighted by atomic mass is 9.89. The van der Waals surface area contributed by atoms with Gasteiger partial charge in [-0.15, -0.1) is 11.3 Å². The average Bonchev–Trinajstić information content (AvgIpc) is 3.64. The molecule has 6 rings (SSSR count). The van der Waals surface area contributed by atoms with Crippen molar-refractivity contribution < 1.29 is 9.53 Å². The van der Waals surface area contributed by atoms with Crippen LogP contribution in [-0.2, 0) is 12.8 Å². The molecule has 2 aliphatic carbocycles. The number of carbonyl (C=O) groups is 1. The fourth-order valence-corrected chi connectivity index (χ4v) is 6.54. The van der Waals surface area contributed by atoms with Crippen LogP contribution < -0.4 is 9.64 Å².